The Labute approximate surface area is 111 Å². The predicted molar refractivity (Wildman–Crippen MR) is 69.3 cm³/mol. The van der Waals surface area contributed by atoms with Gasteiger partial charge >= 0.3 is 5.97 Å². The lowest BCUT2D eigenvalue weighted by atomic mass is 10.2. The molecule has 1 atom stereocenters. The van der Waals surface area contributed by atoms with E-state index in [1.807, 2.05) is 6.07 Å². The maximum atomic E-state index is 11.6. The number of thioether (sulfide) groups is 1. The van der Waals surface area contributed by atoms with E-state index in [4.69, 9.17) is 4.74 Å². The van der Waals surface area contributed by atoms with Crippen LogP contribution in [0.4, 0.5) is 0 Å². The summed E-state index contributed by atoms with van der Waals surface area (Å²) in [5, 5.41) is 4.24. The van der Waals surface area contributed by atoms with Crippen LogP contribution < -0.4 is 5.32 Å². The molecule has 5 nitrogen and oxygen atoms in total. The van der Waals surface area contributed by atoms with Gasteiger partial charge in [0.25, 0.3) is 0 Å². The monoisotopic (exact) mass is 267 g/mol. The van der Waals surface area contributed by atoms with Crippen molar-refractivity contribution in [2.45, 2.75) is 36.4 Å². The number of ether oxygens (including phenoxy) is 1. The van der Waals surface area contributed by atoms with Crippen molar-refractivity contribution in [1.29, 1.82) is 0 Å². The van der Waals surface area contributed by atoms with Gasteiger partial charge in [0, 0.05) is 18.0 Å². The van der Waals surface area contributed by atoms with Gasteiger partial charge in [-0.05, 0) is 25.3 Å². The molecule has 1 aliphatic carbocycles. The lowest BCUT2D eigenvalue weighted by molar-refractivity contribution is -0.143. The van der Waals surface area contributed by atoms with E-state index in [-0.39, 0.29) is 12.0 Å². The average molecular weight is 267 g/mol. The second-order valence-electron chi connectivity index (χ2n) is 4.20. The van der Waals surface area contributed by atoms with Crippen LogP contribution in [-0.4, -0.2) is 40.9 Å². The quantitative estimate of drug-likeness (QED) is 0.456. The second kappa shape index (κ2) is 6.70. The molecule has 18 heavy (non-hydrogen) atoms. The van der Waals surface area contributed by atoms with Crippen molar-refractivity contribution in [3.05, 3.63) is 18.6 Å². The Balaban J connectivity index is 1.76. The number of nitrogens with zero attached hydrogens (tertiary/aromatic N) is 2. The first-order valence-corrected chi connectivity index (χ1v) is 7.01. The molecule has 98 valence electrons. The molecule has 2 rings (SSSR count). The first-order valence-electron chi connectivity index (χ1n) is 6.02. The summed E-state index contributed by atoms with van der Waals surface area (Å²) in [6.45, 7) is 0. The minimum atomic E-state index is -0.197. The van der Waals surface area contributed by atoms with Crippen molar-refractivity contribution in [1.82, 2.24) is 15.3 Å². The van der Waals surface area contributed by atoms with Crippen molar-refractivity contribution in [2.75, 3.05) is 12.9 Å². The molecule has 0 spiro atoms. The van der Waals surface area contributed by atoms with Gasteiger partial charge in [0.1, 0.15) is 12.4 Å². The van der Waals surface area contributed by atoms with E-state index in [2.05, 4.69) is 15.3 Å². The Morgan fingerprint density at radius 1 is 1.67 bits per heavy atom. The maximum Gasteiger partial charge on any atom is 0.322 e. The summed E-state index contributed by atoms with van der Waals surface area (Å²) in [6, 6.07) is 2.17. The smallest absolute Gasteiger partial charge is 0.322 e. The zero-order valence-electron chi connectivity index (χ0n) is 10.3. The van der Waals surface area contributed by atoms with Gasteiger partial charge in [-0.1, -0.05) is 0 Å². The summed E-state index contributed by atoms with van der Waals surface area (Å²) in [5.74, 6) is 0.654. The minimum Gasteiger partial charge on any atom is -0.468 e. The molecule has 1 aromatic heterocycles. The van der Waals surface area contributed by atoms with Crippen LogP contribution in [0.25, 0.3) is 0 Å². The van der Waals surface area contributed by atoms with Crippen LogP contribution in [0.2, 0.25) is 0 Å². The second-order valence-corrected chi connectivity index (χ2v) is 5.32. The zero-order valence-corrected chi connectivity index (χ0v) is 11.2. The molecule has 0 saturated heterocycles. The topological polar surface area (TPSA) is 64.1 Å². The highest BCUT2D eigenvalue weighted by Gasteiger charge is 2.28. The number of esters is 1. The lowest BCUT2D eigenvalue weighted by Crippen LogP contribution is -2.39. The van der Waals surface area contributed by atoms with Gasteiger partial charge in [-0.15, -0.1) is 11.8 Å². The van der Waals surface area contributed by atoms with Crippen LogP contribution in [0.3, 0.4) is 0 Å². The van der Waals surface area contributed by atoms with Gasteiger partial charge in [-0.25, -0.2) is 9.97 Å². The molecular formula is C12H17N3O2S. The zero-order chi connectivity index (χ0) is 12.8. The van der Waals surface area contributed by atoms with Gasteiger partial charge < -0.3 is 10.1 Å². The Kier molecular flexibility index (Phi) is 4.95. The van der Waals surface area contributed by atoms with E-state index < -0.39 is 0 Å². The van der Waals surface area contributed by atoms with Gasteiger partial charge in [0.15, 0.2) is 0 Å². The normalized spacial score (nSPS) is 16.3. The predicted octanol–water partition coefficient (Wildman–Crippen LogP) is 1.25. The summed E-state index contributed by atoms with van der Waals surface area (Å²) >= 11 is 1.63. The van der Waals surface area contributed by atoms with Crippen LogP contribution in [0, 0.1) is 0 Å². The fourth-order valence-electron chi connectivity index (χ4n) is 1.59. The molecule has 1 aromatic rings. The van der Waals surface area contributed by atoms with Crippen LogP contribution >= 0.6 is 11.8 Å². The molecular weight excluding hydrogens is 250 g/mol. The van der Waals surface area contributed by atoms with Crippen molar-refractivity contribution in [3.8, 4) is 0 Å². The average Bonchev–Trinajstić information content (AvgIpc) is 3.22. The number of nitrogens with one attached hydrogen (secondary N) is 1. The molecule has 0 bridgehead atoms. The summed E-state index contributed by atoms with van der Waals surface area (Å²) in [4.78, 5) is 19.6. The number of hydrogen-bond donors (Lipinski definition) is 1. The molecule has 0 aromatic carbocycles. The van der Waals surface area contributed by atoms with E-state index in [1.165, 1.54) is 13.4 Å². The number of carbonyl (C=O) groups is 1. The van der Waals surface area contributed by atoms with Gasteiger partial charge in [0.05, 0.1) is 12.1 Å². The number of aromatic nitrogens is 2. The highest BCUT2D eigenvalue weighted by molar-refractivity contribution is 7.99. The molecule has 6 heteroatoms. The van der Waals surface area contributed by atoms with Crippen molar-refractivity contribution < 1.29 is 9.53 Å². The molecule has 0 aliphatic heterocycles. The standard InChI is InChI=1S/C12H17N3O2S/c1-17-12(16)10(15-9-2-3-9)5-7-18-11-4-6-13-8-14-11/h4,6,8-10,15H,2-3,5,7H2,1H3. The van der Waals surface area contributed by atoms with Gasteiger partial charge in [-0.2, -0.15) is 0 Å². The Morgan fingerprint density at radius 3 is 3.11 bits per heavy atom. The Morgan fingerprint density at radius 2 is 2.50 bits per heavy atom. The molecule has 1 saturated carbocycles. The van der Waals surface area contributed by atoms with Crippen LogP contribution in [-0.2, 0) is 9.53 Å². The maximum absolute atomic E-state index is 11.6. The van der Waals surface area contributed by atoms with E-state index in [9.17, 15) is 4.79 Å². The highest BCUT2D eigenvalue weighted by atomic mass is 32.2. The van der Waals surface area contributed by atoms with Crippen LogP contribution in [0.5, 0.6) is 0 Å². The van der Waals surface area contributed by atoms with Crippen LogP contribution in [0.1, 0.15) is 19.3 Å². The Bertz CT molecular complexity index is 384. The van der Waals surface area contributed by atoms with Gasteiger partial charge in [0.2, 0.25) is 0 Å². The summed E-state index contributed by atoms with van der Waals surface area (Å²) in [7, 11) is 1.43. The fourth-order valence-corrected chi connectivity index (χ4v) is 2.43. The molecule has 1 aliphatic rings. The summed E-state index contributed by atoms with van der Waals surface area (Å²) < 4.78 is 4.81. The third-order valence-corrected chi connectivity index (χ3v) is 3.69. The molecule has 0 amide bonds. The van der Waals surface area contributed by atoms with Gasteiger partial charge in [-0.3, -0.25) is 4.79 Å². The van der Waals surface area contributed by atoms with E-state index in [0.717, 1.165) is 30.0 Å². The summed E-state index contributed by atoms with van der Waals surface area (Å²) in [6.07, 6.45) is 6.31. The molecule has 0 radical (unpaired) electrons. The van der Waals surface area contributed by atoms with Crippen molar-refractivity contribution >= 4 is 17.7 Å². The number of rotatable bonds is 7. The van der Waals surface area contributed by atoms with Crippen LogP contribution in [0.15, 0.2) is 23.6 Å². The number of methoxy groups -OCH3 is 1. The number of hydrogen-bond acceptors (Lipinski definition) is 6. The fraction of sp³-hybridized carbons (Fsp3) is 0.583. The summed E-state index contributed by atoms with van der Waals surface area (Å²) in [5.41, 5.74) is 0. The van der Waals surface area contributed by atoms with Crippen molar-refractivity contribution in [2.24, 2.45) is 0 Å². The minimum absolute atomic E-state index is 0.176. The number of carbonyl (C=O) groups excluding carboxylic acids is 1. The molecule has 1 fully saturated rings. The third-order valence-electron chi connectivity index (χ3n) is 2.71. The first-order chi connectivity index (χ1) is 8.79. The molecule has 1 heterocycles. The van der Waals surface area contributed by atoms with E-state index in [0.29, 0.717) is 6.04 Å². The highest BCUT2D eigenvalue weighted by Crippen LogP contribution is 2.21. The van der Waals surface area contributed by atoms with E-state index in [1.54, 1.807) is 18.0 Å². The third kappa shape index (κ3) is 4.27. The van der Waals surface area contributed by atoms with E-state index >= 15 is 0 Å². The molecule has 1 unspecified atom stereocenters. The van der Waals surface area contributed by atoms with Crippen molar-refractivity contribution in [3.63, 3.8) is 0 Å². The Hall–Kier alpha value is -1.14. The first kappa shape index (κ1) is 13.3. The SMILES string of the molecule is COC(=O)C(CCSc1ccncn1)NC1CC1. The lowest BCUT2D eigenvalue weighted by Gasteiger charge is -2.15. The molecule has 1 N–H and O–H groups in total. The largest absolute Gasteiger partial charge is 0.468 e.